The Morgan fingerprint density at radius 3 is 2.62 bits per heavy atom. The topological polar surface area (TPSA) is 92.7 Å². The minimum Gasteiger partial charge on any atom is -0.504 e. The van der Waals surface area contributed by atoms with Gasteiger partial charge in [0.1, 0.15) is 12.2 Å². The number of benzene rings is 2. The van der Waals surface area contributed by atoms with Crippen LogP contribution < -0.4 is 15.5 Å². The van der Waals surface area contributed by atoms with Gasteiger partial charge in [-0.3, -0.25) is 20.1 Å². The van der Waals surface area contributed by atoms with Gasteiger partial charge >= 0.3 is 0 Å². The lowest BCUT2D eigenvalue weighted by atomic mass is 10.0. The van der Waals surface area contributed by atoms with E-state index in [9.17, 15) is 9.90 Å². The minimum absolute atomic E-state index is 0.0942. The minimum atomic E-state index is -0.784. The smallest absolute Gasteiger partial charge is 0.255 e. The number of anilines is 1. The second kappa shape index (κ2) is 9.08. The SMILES string of the molecule is CC1(COc2cc(C(=O)Nc3c(Cl)cncc3Cl)ccc2O)C=C(c2ccccc2)NO1. The highest BCUT2D eigenvalue weighted by molar-refractivity contribution is 6.39. The molecule has 1 aliphatic rings. The van der Waals surface area contributed by atoms with Gasteiger partial charge in [0.15, 0.2) is 11.5 Å². The van der Waals surface area contributed by atoms with Gasteiger partial charge in [0.25, 0.3) is 5.91 Å². The molecule has 9 heteroatoms. The Labute approximate surface area is 194 Å². The second-order valence-corrected chi connectivity index (χ2v) is 8.16. The highest BCUT2D eigenvalue weighted by atomic mass is 35.5. The number of aromatic hydroxyl groups is 1. The van der Waals surface area contributed by atoms with Crippen molar-refractivity contribution >= 4 is 40.5 Å². The summed E-state index contributed by atoms with van der Waals surface area (Å²) in [5.41, 5.74) is 4.42. The number of nitrogens with one attached hydrogen (secondary N) is 2. The first-order chi connectivity index (χ1) is 15.3. The number of halogens is 2. The first-order valence-corrected chi connectivity index (χ1v) is 10.4. The van der Waals surface area contributed by atoms with Gasteiger partial charge in [0, 0.05) is 18.0 Å². The fourth-order valence-corrected chi connectivity index (χ4v) is 3.53. The van der Waals surface area contributed by atoms with Crippen molar-refractivity contribution in [3.63, 3.8) is 0 Å². The molecule has 0 saturated carbocycles. The number of hydroxylamine groups is 1. The molecule has 0 radical (unpaired) electrons. The third kappa shape index (κ3) is 4.80. The Balaban J connectivity index is 1.48. The largest absolute Gasteiger partial charge is 0.504 e. The van der Waals surface area contributed by atoms with Crippen LogP contribution in [0.3, 0.4) is 0 Å². The average molecular weight is 472 g/mol. The molecule has 0 aliphatic carbocycles. The Hall–Kier alpha value is -3.26. The van der Waals surface area contributed by atoms with E-state index in [0.717, 1.165) is 11.3 Å². The number of phenols is 1. The van der Waals surface area contributed by atoms with Crippen molar-refractivity contribution in [1.82, 2.24) is 10.5 Å². The fraction of sp³-hybridized carbons (Fsp3) is 0.130. The molecular weight excluding hydrogens is 453 g/mol. The van der Waals surface area contributed by atoms with Gasteiger partial charge in [-0.2, -0.15) is 0 Å². The molecule has 1 aromatic heterocycles. The number of nitrogens with zero attached hydrogens (tertiary/aromatic N) is 1. The summed E-state index contributed by atoms with van der Waals surface area (Å²) in [5.74, 6) is -0.444. The van der Waals surface area contributed by atoms with E-state index in [1.165, 1.54) is 30.6 Å². The number of pyridine rings is 1. The van der Waals surface area contributed by atoms with E-state index >= 15 is 0 Å². The van der Waals surface area contributed by atoms with Crippen LogP contribution in [0.1, 0.15) is 22.8 Å². The summed E-state index contributed by atoms with van der Waals surface area (Å²) in [4.78, 5) is 22.2. The highest BCUT2D eigenvalue weighted by Gasteiger charge is 2.32. The van der Waals surface area contributed by atoms with Gasteiger partial charge in [-0.25, -0.2) is 0 Å². The summed E-state index contributed by atoms with van der Waals surface area (Å²) < 4.78 is 5.79. The molecule has 164 valence electrons. The standard InChI is InChI=1S/C23H19Cl2N3O4/c1-23(10-18(28-32-23)14-5-3-2-4-6-14)13-31-20-9-15(7-8-19(20)29)22(30)27-21-16(24)11-26-12-17(21)25/h2-12,28-29H,13H2,1H3,(H,26,27,30). The van der Waals surface area contributed by atoms with Crippen molar-refractivity contribution < 1.29 is 19.5 Å². The lowest BCUT2D eigenvalue weighted by Crippen LogP contribution is -2.33. The molecule has 0 saturated heterocycles. The molecule has 1 aliphatic heterocycles. The van der Waals surface area contributed by atoms with Gasteiger partial charge < -0.3 is 15.2 Å². The fourth-order valence-electron chi connectivity index (χ4n) is 3.08. The molecule has 0 spiro atoms. The van der Waals surface area contributed by atoms with Crippen molar-refractivity contribution in [3.8, 4) is 11.5 Å². The van der Waals surface area contributed by atoms with Gasteiger partial charge in [-0.1, -0.05) is 53.5 Å². The number of rotatable bonds is 6. The predicted octanol–water partition coefficient (Wildman–Crippen LogP) is 5.06. The van der Waals surface area contributed by atoms with Crippen LogP contribution >= 0.6 is 23.2 Å². The Morgan fingerprint density at radius 1 is 1.19 bits per heavy atom. The average Bonchev–Trinajstić information content (AvgIpc) is 3.19. The van der Waals surface area contributed by atoms with Crippen LogP contribution in [0, 0.1) is 0 Å². The Kier molecular flexibility index (Phi) is 6.23. The first kappa shape index (κ1) is 22.0. The Morgan fingerprint density at radius 2 is 1.91 bits per heavy atom. The maximum Gasteiger partial charge on any atom is 0.255 e. The molecule has 2 heterocycles. The molecule has 7 nitrogen and oxygen atoms in total. The van der Waals surface area contributed by atoms with Crippen LogP contribution in [0.5, 0.6) is 11.5 Å². The summed E-state index contributed by atoms with van der Waals surface area (Å²) in [6.45, 7) is 1.94. The van der Waals surface area contributed by atoms with E-state index in [1.807, 2.05) is 43.3 Å². The number of hydrogen-bond acceptors (Lipinski definition) is 6. The van der Waals surface area contributed by atoms with Crippen molar-refractivity contribution in [1.29, 1.82) is 0 Å². The lowest BCUT2D eigenvalue weighted by Gasteiger charge is -2.21. The maximum absolute atomic E-state index is 12.7. The molecule has 1 unspecified atom stereocenters. The van der Waals surface area contributed by atoms with Crippen LogP contribution in [0.4, 0.5) is 5.69 Å². The molecule has 3 aromatic rings. The van der Waals surface area contributed by atoms with E-state index in [0.29, 0.717) is 0 Å². The van der Waals surface area contributed by atoms with Gasteiger partial charge in [0.2, 0.25) is 0 Å². The molecule has 1 atom stereocenters. The van der Waals surface area contributed by atoms with E-state index < -0.39 is 11.5 Å². The molecule has 0 bridgehead atoms. The molecule has 3 N–H and O–H groups in total. The zero-order valence-electron chi connectivity index (χ0n) is 16.9. The normalized spacial score (nSPS) is 17.4. The van der Waals surface area contributed by atoms with Crippen LogP contribution in [0.2, 0.25) is 10.0 Å². The number of carbonyl (C=O) groups excluding carboxylic acids is 1. The van der Waals surface area contributed by atoms with Crippen LogP contribution in [0.25, 0.3) is 5.70 Å². The predicted molar refractivity (Wildman–Crippen MR) is 123 cm³/mol. The molecule has 0 fully saturated rings. The van der Waals surface area contributed by atoms with Crippen molar-refractivity contribution in [2.24, 2.45) is 0 Å². The lowest BCUT2D eigenvalue weighted by molar-refractivity contribution is -0.0476. The molecule has 4 rings (SSSR count). The van der Waals surface area contributed by atoms with Gasteiger partial charge in [-0.15, -0.1) is 0 Å². The van der Waals surface area contributed by atoms with Crippen LogP contribution in [-0.4, -0.2) is 28.2 Å². The number of carbonyl (C=O) groups is 1. The molecule has 32 heavy (non-hydrogen) atoms. The summed E-state index contributed by atoms with van der Waals surface area (Å²) >= 11 is 12.1. The molecule has 1 amide bonds. The highest BCUT2D eigenvalue weighted by Crippen LogP contribution is 2.32. The zero-order chi connectivity index (χ0) is 22.7. The third-order valence-corrected chi connectivity index (χ3v) is 5.33. The summed E-state index contributed by atoms with van der Waals surface area (Å²) in [5, 5.41) is 13.3. The summed E-state index contributed by atoms with van der Waals surface area (Å²) in [6.07, 6.45) is 4.66. The van der Waals surface area contributed by atoms with Gasteiger partial charge in [0.05, 0.1) is 21.4 Å². The van der Waals surface area contributed by atoms with Crippen molar-refractivity contribution in [2.45, 2.75) is 12.5 Å². The monoisotopic (exact) mass is 471 g/mol. The maximum atomic E-state index is 12.7. The quantitative estimate of drug-likeness (QED) is 0.465. The zero-order valence-corrected chi connectivity index (χ0v) is 18.4. The first-order valence-electron chi connectivity index (χ1n) is 9.63. The van der Waals surface area contributed by atoms with Crippen LogP contribution in [-0.2, 0) is 4.84 Å². The molecule has 2 aromatic carbocycles. The van der Waals surface area contributed by atoms with E-state index in [2.05, 4.69) is 15.8 Å². The number of amides is 1. The van der Waals surface area contributed by atoms with E-state index in [4.69, 9.17) is 32.8 Å². The van der Waals surface area contributed by atoms with Crippen molar-refractivity contribution in [2.75, 3.05) is 11.9 Å². The summed E-state index contributed by atoms with van der Waals surface area (Å²) in [7, 11) is 0. The number of hydrogen-bond donors (Lipinski definition) is 3. The van der Waals surface area contributed by atoms with Crippen LogP contribution in [0.15, 0.2) is 67.0 Å². The van der Waals surface area contributed by atoms with Gasteiger partial charge in [-0.05, 0) is 36.8 Å². The third-order valence-electron chi connectivity index (χ3n) is 4.76. The number of phenolic OH excluding ortho intramolecular Hbond substituents is 1. The van der Waals surface area contributed by atoms with E-state index in [-0.39, 0.29) is 39.4 Å². The van der Waals surface area contributed by atoms with E-state index in [1.54, 1.807) is 0 Å². The number of ether oxygens (including phenoxy) is 1. The molecular formula is C23H19Cl2N3O4. The Bertz CT molecular complexity index is 1170. The number of aromatic nitrogens is 1. The van der Waals surface area contributed by atoms with Crippen molar-refractivity contribution in [3.05, 3.63) is 88.2 Å². The second-order valence-electron chi connectivity index (χ2n) is 7.34. The summed E-state index contributed by atoms with van der Waals surface area (Å²) in [6, 6.07) is 14.0.